The summed E-state index contributed by atoms with van der Waals surface area (Å²) in [5, 5.41) is 9.05. The van der Waals surface area contributed by atoms with Crippen LogP contribution in [-0.4, -0.2) is 43.4 Å². The fraction of sp³-hybridized carbons (Fsp3) is 0.318. The predicted molar refractivity (Wildman–Crippen MR) is 110 cm³/mol. The molecule has 3 rings (SSSR count). The Morgan fingerprint density at radius 1 is 1.00 bits per heavy atom. The van der Waals surface area contributed by atoms with Crippen LogP contribution >= 0.6 is 0 Å². The highest BCUT2D eigenvalue weighted by Crippen LogP contribution is 2.58. The molecular formula is C22H22N2O6S. The van der Waals surface area contributed by atoms with E-state index in [0.29, 0.717) is 11.1 Å². The fourth-order valence-electron chi connectivity index (χ4n) is 3.51. The summed E-state index contributed by atoms with van der Waals surface area (Å²) in [6, 6.07) is 12.9. The summed E-state index contributed by atoms with van der Waals surface area (Å²) in [4.78, 5) is 26.0. The maximum absolute atomic E-state index is 13.5. The van der Waals surface area contributed by atoms with Crippen LogP contribution in [0, 0.1) is 18.3 Å². The lowest BCUT2D eigenvalue weighted by atomic mass is 9.98. The van der Waals surface area contributed by atoms with Crippen LogP contribution in [0.5, 0.6) is 0 Å². The van der Waals surface area contributed by atoms with E-state index < -0.39 is 33.5 Å². The maximum Gasteiger partial charge on any atom is 0.341 e. The normalized spacial score (nSPS) is 19.2. The van der Waals surface area contributed by atoms with Crippen molar-refractivity contribution in [1.29, 1.82) is 5.26 Å². The minimum atomic E-state index is -4.26. The minimum Gasteiger partial charge on any atom is -0.464 e. The first-order valence-corrected chi connectivity index (χ1v) is 11.1. The molecule has 0 radical (unpaired) electrons. The Balaban J connectivity index is 2.20. The molecule has 1 fully saturated rings. The smallest absolute Gasteiger partial charge is 0.341 e. The fourth-order valence-corrected chi connectivity index (χ4v) is 5.35. The van der Waals surface area contributed by atoms with Crippen molar-refractivity contribution in [1.82, 2.24) is 4.31 Å². The highest BCUT2D eigenvalue weighted by molar-refractivity contribution is 7.89. The predicted octanol–water partition coefficient (Wildman–Crippen LogP) is 2.48. The van der Waals surface area contributed by atoms with Gasteiger partial charge in [0.1, 0.15) is 0 Å². The molecular weight excluding hydrogens is 420 g/mol. The van der Waals surface area contributed by atoms with E-state index in [1.165, 1.54) is 36.4 Å². The average Bonchev–Trinajstić information content (AvgIpc) is 3.47. The van der Waals surface area contributed by atoms with Crippen LogP contribution < -0.4 is 0 Å². The summed E-state index contributed by atoms with van der Waals surface area (Å²) >= 11 is 0. The molecule has 1 aliphatic heterocycles. The Kier molecular flexibility index (Phi) is 6.15. The molecule has 31 heavy (non-hydrogen) atoms. The van der Waals surface area contributed by atoms with Gasteiger partial charge < -0.3 is 9.47 Å². The molecule has 0 amide bonds. The zero-order valence-electron chi connectivity index (χ0n) is 17.4. The van der Waals surface area contributed by atoms with E-state index in [-0.39, 0.29) is 18.1 Å². The lowest BCUT2D eigenvalue weighted by Crippen LogP contribution is -2.43. The summed E-state index contributed by atoms with van der Waals surface area (Å²) in [6.45, 7) is 4.86. The summed E-state index contributed by atoms with van der Waals surface area (Å²) in [7, 11) is -4.26. The van der Waals surface area contributed by atoms with Gasteiger partial charge in [0.05, 0.1) is 35.8 Å². The molecule has 0 N–H and O–H groups in total. The molecule has 1 aliphatic rings. The SMILES string of the molecule is CCOC(=O)C1(C(=O)OCC)C(c2ccc(C#N)cc2)N1S(=O)(=O)c1ccc(C)cc1. The molecule has 1 saturated heterocycles. The molecule has 1 heterocycles. The van der Waals surface area contributed by atoms with Crippen molar-refractivity contribution in [2.24, 2.45) is 0 Å². The summed E-state index contributed by atoms with van der Waals surface area (Å²) in [6.07, 6.45) is 0. The van der Waals surface area contributed by atoms with Crippen LogP contribution in [0.25, 0.3) is 0 Å². The third-order valence-corrected chi connectivity index (χ3v) is 6.90. The number of hydrogen-bond acceptors (Lipinski definition) is 7. The molecule has 2 unspecified atom stereocenters. The van der Waals surface area contributed by atoms with Gasteiger partial charge in [0, 0.05) is 0 Å². The highest BCUT2D eigenvalue weighted by Gasteiger charge is 2.80. The highest BCUT2D eigenvalue weighted by atomic mass is 32.2. The Labute approximate surface area is 181 Å². The van der Waals surface area contributed by atoms with Crippen molar-refractivity contribution in [3.05, 3.63) is 65.2 Å². The van der Waals surface area contributed by atoms with Crippen LogP contribution in [-0.2, 0) is 29.1 Å². The van der Waals surface area contributed by atoms with Crippen LogP contribution in [0.3, 0.4) is 0 Å². The third kappa shape index (κ3) is 3.69. The second-order valence-corrected chi connectivity index (χ2v) is 8.77. The van der Waals surface area contributed by atoms with E-state index in [1.54, 1.807) is 26.0 Å². The van der Waals surface area contributed by atoms with Gasteiger partial charge in [-0.25, -0.2) is 18.0 Å². The number of esters is 2. The largest absolute Gasteiger partial charge is 0.464 e. The standard InChI is InChI=1S/C22H22N2O6S/c1-4-29-20(25)22(21(26)30-5-2)19(17-10-8-16(14-23)9-11-17)24(22)31(27,28)18-12-6-15(3)7-13-18/h6-13,19H,4-5H2,1-3H3. The molecule has 2 aromatic rings. The number of rotatable bonds is 7. The Morgan fingerprint density at radius 3 is 1.97 bits per heavy atom. The van der Waals surface area contributed by atoms with Crippen molar-refractivity contribution in [2.45, 2.75) is 37.2 Å². The molecule has 2 atom stereocenters. The van der Waals surface area contributed by atoms with Crippen molar-refractivity contribution in [3.63, 3.8) is 0 Å². The van der Waals surface area contributed by atoms with E-state index in [9.17, 15) is 18.0 Å². The van der Waals surface area contributed by atoms with Crippen molar-refractivity contribution >= 4 is 22.0 Å². The number of nitrogens with zero attached hydrogens (tertiary/aromatic N) is 2. The lowest BCUT2D eigenvalue weighted by molar-refractivity contribution is -0.160. The second-order valence-electron chi connectivity index (χ2n) is 6.96. The van der Waals surface area contributed by atoms with E-state index in [4.69, 9.17) is 14.7 Å². The van der Waals surface area contributed by atoms with Gasteiger partial charge in [-0.3, -0.25) is 0 Å². The van der Waals surface area contributed by atoms with Crippen molar-refractivity contribution < 1.29 is 27.5 Å². The Hall–Kier alpha value is -3.22. The molecule has 0 saturated carbocycles. The molecule has 8 nitrogen and oxygen atoms in total. The van der Waals surface area contributed by atoms with Gasteiger partial charge in [0.2, 0.25) is 10.0 Å². The molecule has 9 heteroatoms. The van der Waals surface area contributed by atoms with Gasteiger partial charge in [-0.1, -0.05) is 29.8 Å². The van der Waals surface area contributed by atoms with Gasteiger partial charge in [-0.2, -0.15) is 9.57 Å². The second kappa shape index (κ2) is 8.49. The minimum absolute atomic E-state index is 0.0432. The van der Waals surface area contributed by atoms with Gasteiger partial charge in [-0.15, -0.1) is 0 Å². The number of nitriles is 1. The Bertz CT molecular complexity index is 1120. The lowest BCUT2D eigenvalue weighted by Gasteiger charge is -2.15. The van der Waals surface area contributed by atoms with Crippen molar-refractivity contribution in [2.75, 3.05) is 13.2 Å². The summed E-state index contributed by atoms with van der Waals surface area (Å²) in [5.41, 5.74) is -0.592. The van der Waals surface area contributed by atoms with Crippen LogP contribution in [0.4, 0.5) is 0 Å². The molecule has 0 spiro atoms. The number of benzene rings is 2. The Morgan fingerprint density at radius 2 is 1.52 bits per heavy atom. The maximum atomic E-state index is 13.5. The van der Waals surface area contributed by atoms with E-state index in [2.05, 4.69) is 0 Å². The van der Waals surface area contributed by atoms with Gasteiger partial charge in [0.25, 0.3) is 5.54 Å². The monoisotopic (exact) mass is 442 g/mol. The zero-order valence-corrected chi connectivity index (χ0v) is 18.2. The summed E-state index contributed by atoms with van der Waals surface area (Å²) < 4.78 is 38.1. The van der Waals surface area contributed by atoms with Crippen LogP contribution in [0.2, 0.25) is 0 Å². The van der Waals surface area contributed by atoms with Crippen LogP contribution in [0.1, 0.15) is 36.6 Å². The van der Waals surface area contributed by atoms with Crippen molar-refractivity contribution in [3.8, 4) is 6.07 Å². The molecule has 0 aliphatic carbocycles. The van der Waals surface area contributed by atoms with E-state index in [0.717, 1.165) is 9.87 Å². The average molecular weight is 442 g/mol. The van der Waals surface area contributed by atoms with Crippen LogP contribution in [0.15, 0.2) is 53.4 Å². The molecule has 162 valence electrons. The van der Waals surface area contributed by atoms with Gasteiger partial charge in [-0.05, 0) is 50.6 Å². The molecule has 2 aromatic carbocycles. The quantitative estimate of drug-likeness (QED) is 0.368. The first kappa shape index (κ1) is 22.5. The molecule has 0 aromatic heterocycles. The van der Waals surface area contributed by atoms with Gasteiger partial charge in [0.15, 0.2) is 0 Å². The first-order valence-electron chi connectivity index (χ1n) is 9.70. The van der Waals surface area contributed by atoms with Gasteiger partial charge >= 0.3 is 11.9 Å². The number of sulfonamides is 1. The topological polar surface area (TPSA) is 114 Å². The zero-order chi connectivity index (χ0) is 22.8. The number of carbonyl (C=O) groups is 2. The number of ether oxygens (including phenoxy) is 2. The first-order chi connectivity index (χ1) is 14.7. The third-order valence-electron chi connectivity index (χ3n) is 5.02. The van der Waals surface area contributed by atoms with E-state index in [1.807, 2.05) is 13.0 Å². The van der Waals surface area contributed by atoms with E-state index >= 15 is 0 Å². The molecule has 0 bridgehead atoms. The summed E-state index contributed by atoms with van der Waals surface area (Å²) in [5.74, 6) is -2.00. The number of aryl methyl sites for hydroxylation is 1. The number of carbonyl (C=O) groups excluding carboxylic acids is 2. The number of hydrogen-bond donors (Lipinski definition) is 0.